The molecular formula is C15H14ClF3N2. The maximum absolute atomic E-state index is 12.8. The van der Waals surface area contributed by atoms with Crippen molar-refractivity contribution >= 4 is 11.6 Å². The van der Waals surface area contributed by atoms with Crippen molar-refractivity contribution in [3.63, 3.8) is 0 Å². The van der Waals surface area contributed by atoms with E-state index in [4.69, 9.17) is 11.6 Å². The third kappa shape index (κ3) is 2.88. The zero-order chi connectivity index (χ0) is 15.0. The van der Waals surface area contributed by atoms with Gasteiger partial charge in [0.2, 0.25) is 0 Å². The molecule has 2 aliphatic rings. The van der Waals surface area contributed by atoms with Gasteiger partial charge in [-0.05, 0) is 42.7 Å². The van der Waals surface area contributed by atoms with E-state index in [9.17, 15) is 13.2 Å². The number of halogens is 4. The lowest BCUT2D eigenvalue weighted by atomic mass is 9.74. The molecule has 0 amide bonds. The summed E-state index contributed by atoms with van der Waals surface area (Å²) in [5.74, 6) is 0.215. The quantitative estimate of drug-likeness (QED) is 0.872. The molecule has 0 unspecified atom stereocenters. The normalized spacial score (nSPS) is 25.1. The van der Waals surface area contributed by atoms with Crippen molar-refractivity contribution < 1.29 is 13.2 Å². The molecule has 0 radical (unpaired) electrons. The first kappa shape index (κ1) is 14.3. The van der Waals surface area contributed by atoms with Crippen LogP contribution in [0.4, 0.5) is 13.2 Å². The van der Waals surface area contributed by atoms with Crippen LogP contribution >= 0.6 is 11.6 Å². The summed E-state index contributed by atoms with van der Waals surface area (Å²) in [7, 11) is 0. The third-order valence-corrected chi connectivity index (χ3v) is 4.21. The number of hydrazine groups is 1. The van der Waals surface area contributed by atoms with Crippen molar-refractivity contribution in [2.24, 2.45) is 0 Å². The van der Waals surface area contributed by atoms with Crippen LogP contribution in [0.25, 0.3) is 0 Å². The number of hydrogen-bond acceptors (Lipinski definition) is 2. The van der Waals surface area contributed by atoms with Crippen LogP contribution in [0.2, 0.25) is 5.02 Å². The highest BCUT2D eigenvalue weighted by Crippen LogP contribution is 2.41. The first-order valence-electron chi connectivity index (χ1n) is 6.71. The topological polar surface area (TPSA) is 15.3 Å². The van der Waals surface area contributed by atoms with Gasteiger partial charge in [0.15, 0.2) is 0 Å². The Balaban J connectivity index is 1.72. The van der Waals surface area contributed by atoms with Gasteiger partial charge < -0.3 is 0 Å². The van der Waals surface area contributed by atoms with Gasteiger partial charge in [-0.2, -0.15) is 13.2 Å². The fraction of sp³-hybridized carbons (Fsp3) is 0.333. The molecule has 1 aliphatic heterocycles. The van der Waals surface area contributed by atoms with Crippen LogP contribution in [-0.2, 0) is 0 Å². The van der Waals surface area contributed by atoms with Crippen LogP contribution in [-0.4, -0.2) is 17.2 Å². The largest absolute Gasteiger partial charge is 0.432 e. The highest BCUT2D eigenvalue weighted by molar-refractivity contribution is 6.30. The van der Waals surface area contributed by atoms with E-state index in [-0.39, 0.29) is 12.0 Å². The van der Waals surface area contributed by atoms with Crippen LogP contribution in [0.5, 0.6) is 0 Å². The maximum atomic E-state index is 12.8. The van der Waals surface area contributed by atoms with Crippen molar-refractivity contribution in [1.29, 1.82) is 0 Å². The molecule has 0 saturated heterocycles. The van der Waals surface area contributed by atoms with E-state index in [1.165, 1.54) is 6.08 Å². The number of nitrogens with one attached hydrogen (secondary N) is 1. The summed E-state index contributed by atoms with van der Waals surface area (Å²) in [6.45, 7) is 0. The Kier molecular flexibility index (Phi) is 3.61. The molecule has 1 fully saturated rings. The van der Waals surface area contributed by atoms with Crippen LogP contribution < -0.4 is 5.43 Å². The van der Waals surface area contributed by atoms with Gasteiger partial charge in [0.1, 0.15) is 5.70 Å². The Hall–Kier alpha value is -1.62. The van der Waals surface area contributed by atoms with Crippen molar-refractivity contribution in [2.75, 3.05) is 0 Å². The van der Waals surface area contributed by atoms with Crippen LogP contribution in [0, 0.1) is 0 Å². The van der Waals surface area contributed by atoms with Gasteiger partial charge in [0.25, 0.3) is 0 Å². The summed E-state index contributed by atoms with van der Waals surface area (Å²) in [6.07, 6.45) is 1.59. The maximum Gasteiger partial charge on any atom is 0.432 e. The van der Waals surface area contributed by atoms with E-state index in [2.05, 4.69) is 5.43 Å². The number of nitrogens with zero attached hydrogens (tertiary/aromatic N) is 1. The van der Waals surface area contributed by atoms with Crippen molar-refractivity contribution in [3.05, 3.63) is 58.9 Å². The second kappa shape index (κ2) is 5.30. The second-order valence-electron chi connectivity index (χ2n) is 5.24. The molecule has 2 atom stereocenters. The fourth-order valence-corrected chi connectivity index (χ4v) is 2.84. The summed E-state index contributed by atoms with van der Waals surface area (Å²) >= 11 is 5.87. The first-order chi connectivity index (χ1) is 9.95. The lowest BCUT2D eigenvalue weighted by Crippen LogP contribution is -2.51. The molecular weight excluding hydrogens is 301 g/mol. The molecule has 0 bridgehead atoms. The molecule has 0 spiro atoms. The Labute approximate surface area is 125 Å². The van der Waals surface area contributed by atoms with Crippen molar-refractivity contribution in [1.82, 2.24) is 10.4 Å². The Morgan fingerprint density at radius 1 is 1.14 bits per heavy atom. The Morgan fingerprint density at radius 2 is 1.86 bits per heavy atom. The molecule has 1 aliphatic carbocycles. The molecule has 1 saturated carbocycles. The average Bonchev–Trinajstić information content (AvgIpc) is 2.39. The summed E-state index contributed by atoms with van der Waals surface area (Å²) in [4.78, 5) is 0. The lowest BCUT2D eigenvalue weighted by molar-refractivity contribution is -0.106. The van der Waals surface area contributed by atoms with E-state index in [0.29, 0.717) is 5.02 Å². The Morgan fingerprint density at radius 3 is 2.43 bits per heavy atom. The predicted octanol–water partition coefficient (Wildman–Crippen LogP) is 4.37. The molecule has 3 rings (SSSR count). The van der Waals surface area contributed by atoms with Gasteiger partial charge in [0, 0.05) is 17.1 Å². The second-order valence-corrected chi connectivity index (χ2v) is 5.68. The van der Waals surface area contributed by atoms with Gasteiger partial charge in [0.05, 0.1) is 6.04 Å². The molecule has 2 nitrogen and oxygen atoms in total. The highest BCUT2D eigenvalue weighted by atomic mass is 35.5. The van der Waals surface area contributed by atoms with Gasteiger partial charge in [-0.25, -0.2) is 0 Å². The Bertz CT molecular complexity index is 578. The average molecular weight is 315 g/mol. The monoisotopic (exact) mass is 314 g/mol. The van der Waals surface area contributed by atoms with Crippen molar-refractivity contribution in [3.8, 4) is 0 Å². The van der Waals surface area contributed by atoms with Crippen LogP contribution in [0.15, 0.2) is 48.3 Å². The van der Waals surface area contributed by atoms with Crippen molar-refractivity contribution in [2.45, 2.75) is 31.0 Å². The lowest BCUT2D eigenvalue weighted by Gasteiger charge is -2.45. The molecule has 112 valence electrons. The van der Waals surface area contributed by atoms with E-state index in [0.717, 1.165) is 24.5 Å². The van der Waals surface area contributed by atoms with E-state index in [1.54, 1.807) is 11.2 Å². The zero-order valence-electron chi connectivity index (χ0n) is 11.1. The van der Waals surface area contributed by atoms with Gasteiger partial charge in [-0.1, -0.05) is 23.7 Å². The number of hydrogen-bond donors (Lipinski definition) is 1. The van der Waals surface area contributed by atoms with E-state index >= 15 is 0 Å². The SMILES string of the molecule is FC(F)(F)C1=CC=CN([C@H]2CC[C@H]2c2ccc(Cl)cc2)N1. The molecule has 0 aromatic heterocycles. The van der Waals surface area contributed by atoms with Gasteiger partial charge >= 0.3 is 6.18 Å². The molecule has 1 N–H and O–H groups in total. The molecule has 1 aromatic rings. The van der Waals surface area contributed by atoms with E-state index < -0.39 is 11.9 Å². The number of allylic oxidation sites excluding steroid dienone is 3. The van der Waals surface area contributed by atoms with Crippen LogP contribution in [0.1, 0.15) is 24.3 Å². The molecule has 6 heteroatoms. The number of alkyl halides is 3. The smallest absolute Gasteiger partial charge is 0.294 e. The molecule has 1 aromatic carbocycles. The number of rotatable bonds is 2. The summed E-state index contributed by atoms with van der Waals surface area (Å²) in [6, 6.07) is 7.52. The van der Waals surface area contributed by atoms with Crippen LogP contribution in [0.3, 0.4) is 0 Å². The third-order valence-electron chi connectivity index (χ3n) is 3.96. The van der Waals surface area contributed by atoms with Gasteiger partial charge in [-0.15, -0.1) is 0 Å². The minimum absolute atomic E-state index is 0.0217. The predicted molar refractivity (Wildman–Crippen MR) is 75.5 cm³/mol. The minimum Gasteiger partial charge on any atom is -0.294 e. The van der Waals surface area contributed by atoms with Gasteiger partial charge in [-0.3, -0.25) is 10.4 Å². The molecule has 21 heavy (non-hydrogen) atoms. The molecule has 1 heterocycles. The first-order valence-corrected chi connectivity index (χ1v) is 7.09. The number of benzene rings is 1. The van der Waals surface area contributed by atoms with E-state index in [1.807, 2.05) is 24.3 Å². The summed E-state index contributed by atoms with van der Waals surface area (Å²) < 4.78 is 38.3. The standard InChI is InChI=1S/C15H14ClF3N2/c16-11-5-3-10(4-6-11)12-7-8-13(12)21-9-1-2-14(20-21)15(17,18)19/h1-6,9,12-13,20H,7-8H2/t12-,13-/m0/s1. The fourth-order valence-electron chi connectivity index (χ4n) is 2.71. The zero-order valence-corrected chi connectivity index (χ0v) is 11.8. The summed E-state index contributed by atoms with van der Waals surface area (Å²) in [5.41, 5.74) is 2.84. The summed E-state index contributed by atoms with van der Waals surface area (Å²) in [5, 5.41) is 2.22. The minimum atomic E-state index is -4.36. The highest BCUT2D eigenvalue weighted by Gasteiger charge is 2.40.